The van der Waals surface area contributed by atoms with E-state index < -0.39 is 5.82 Å². The molecule has 19 heavy (non-hydrogen) atoms. The third-order valence-corrected chi connectivity index (χ3v) is 2.65. The summed E-state index contributed by atoms with van der Waals surface area (Å²) in [5.74, 6) is 5.14. The van der Waals surface area contributed by atoms with Gasteiger partial charge in [0, 0.05) is 5.56 Å². The minimum atomic E-state index is -0.625. The molecule has 0 aliphatic heterocycles. The number of nitriles is 1. The first-order chi connectivity index (χ1) is 9.22. The molecule has 2 rings (SSSR count). The lowest BCUT2D eigenvalue weighted by molar-refractivity contribution is 0.616. The Kier molecular flexibility index (Phi) is 3.90. The van der Waals surface area contributed by atoms with Gasteiger partial charge < -0.3 is 0 Å². The Hall–Kier alpha value is -2.65. The summed E-state index contributed by atoms with van der Waals surface area (Å²) in [6.07, 6.45) is 0.985. The molecule has 0 fully saturated rings. The van der Waals surface area contributed by atoms with Crippen LogP contribution in [-0.2, 0) is 6.42 Å². The highest BCUT2D eigenvalue weighted by molar-refractivity contribution is 5.42. The highest BCUT2D eigenvalue weighted by atomic mass is 19.1. The van der Waals surface area contributed by atoms with Gasteiger partial charge in [0.15, 0.2) is 11.5 Å². The predicted octanol–water partition coefficient (Wildman–Crippen LogP) is 3.05. The lowest BCUT2D eigenvalue weighted by Crippen LogP contribution is -1.92. The van der Waals surface area contributed by atoms with Crippen LogP contribution in [0.4, 0.5) is 4.39 Å². The summed E-state index contributed by atoms with van der Waals surface area (Å²) < 4.78 is 13.1. The van der Waals surface area contributed by atoms with Gasteiger partial charge in [-0.15, -0.1) is 0 Å². The Morgan fingerprint density at radius 3 is 2.47 bits per heavy atom. The van der Waals surface area contributed by atoms with Gasteiger partial charge in [0.05, 0.1) is 0 Å². The van der Waals surface area contributed by atoms with Crippen molar-refractivity contribution in [3.8, 4) is 17.9 Å². The third kappa shape index (κ3) is 3.18. The largest absolute Gasteiger partial charge is 0.226 e. The molecule has 0 aliphatic rings. The Bertz CT molecular complexity index is 685. The van der Waals surface area contributed by atoms with Crippen LogP contribution < -0.4 is 0 Å². The maximum atomic E-state index is 13.1. The molecule has 1 aromatic carbocycles. The van der Waals surface area contributed by atoms with Crippen LogP contribution in [0.3, 0.4) is 0 Å². The van der Waals surface area contributed by atoms with Crippen LogP contribution in [0, 0.1) is 29.0 Å². The summed E-state index contributed by atoms with van der Waals surface area (Å²) in [7, 11) is 0. The van der Waals surface area contributed by atoms with E-state index in [-0.39, 0.29) is 5.69 Å². The molecule has 0 radical (unpaired) electrons. The molecule has 2 aromatic rings. The molecular weight excluding hydrogens is 239 g/mol. The second-order valence-electron chi connectivity index (χ2n) is 3.94. The standard InChI is InChI=1S/C16H11FN2/c1-2-12-3-5-13(6-4-12)7-8-14-9-10-15(17)16(11-18)19-14/h3-6,9-10H,2H2,1H3. The molecule has 0 saturated heterocycles. The maximum absolute atomic E-state index is 13.1. The van der Waals surface area contributed by atoms with Crippen molar-refractivity contribution in [3.05, 3.63) is 64.7 Å². The number of pyridine rings is 1. The van der Waals surface area contributed by atoms with Crippen molar-refractivity contribution < 1.29 is 4.39 Å². The fourth-order valence-corrected chi connectivity index (χ4v) is 1.55. The highest BCUT2D eigenvalue weighted by Gasteiger charge is 2.02. The van der Waals surface area contributed by atoms with E-state index in [2.05, 4.69) is 23.7 Å². The van der Waals surface area contributed by atoms with E-state index in [1.54, 1.807) is 6.07 Å². The predicted molar refractivity (Wildman–Crippen MR) is 70.7 cm³/mol. The van der Waals surface area contributed by atoms with E-state index in [1.807, 2.05) is 24.3 Å². The van der Waals surface area contributed by atoms with Gasteiger partial charge >= 0.3 is 0 Å². The van der Waals surface area contributed by atoms with Crippen molar-refractivity contribution in [1.29, 1.82) is 5.26 Å². The summed E-state index contributed by atoms with van der Waals surface area (Å²) in [5.41, 5.74) is 2.27. The average Bonchev–Trinajstić information content (AvgIpc) is 2.47. The number of hydrogen-bond acceptors (Lipinski definition) is 2. The van der Waals surface area contributed by atoms with Crippen LogP contribution in [-0.4, -0.2) is 4.98 Å². The zero-order chi connectivity index (χ0) is 13.7. The normalized spacial score (nSPS) is 9.32. The van der Waals surface area contributed by atoms with Crippen LogP contribution in [0.15, 0.2) is 36.4 Å². The number of halogens is 1. The van der Waals surface area contributed by atoms with Crippen molar-refractivity contribution in [2.24, 2.45) is 0 Å². The number of hydrogen-bond donors (Lipinski definition) is 0. The van der Waals surface area contributed by atoms with Crippen LogP contribution in [0.1, 0.15) is 29.4 Å². The first kappa shape index (κ1) is 12.8. The molecule has 0 bridgehead atoms. The first-order valence-electron chi connectivity index (χ1n) is 5.90. The molecule has 2 nitrogen and oxygen atoms in total. The zero-order valence-corrected chi connectivity index (χ0v) is 10.4. The molecule has 1 aromatic heterocycles. The molecule has 0 amide bonds. The molecule has 0 unspecified atom stereocenters. The van der Waals surface area contributed by atoms with Crippen molar-refractivity contribution in [1.82, 2.24) is 4.98 Å². The lowest BCUT2D eigenvalue weighted by Gasteiger charge is -1.95. The van der Waals surface area contributed by atoms with Crippen molar-refractivity contribution >= 4 is 0 Å². The summed E-state index contributed by atoms with van der Waals surface area (Å²) in [4.78, 5) is 3.83. The second kappa shape index (κ2) is 5.80. The topological polar surface area (TPSA) is 36.7 Å². The fraction of sp³-hybridized carbons (Fsp3) is 0.125. The smallest absolute Gasteiger partial charge is 0.177 e. The molecule has 0 atom stereocenters. The Morgan fingerprint density at radius 1 is 1.11 bits per heavy atom. The van der Waals surface area contributed by atoms with Crippen molar-refractivity contribution in [2.75, 3.05) is 0 Å². The number of benzene rings is 1. The average molecular weight is 250 g/mol. The van der Waals surface area contributed by atoms with E-state index in [0.717, 1.165) is 12.0 Å². The molecule has 0 aliphatic carbocycles. The summed E-state index contributed by atoms with van der Waals surface area (Å²) in [5, 5.41) is 8.69. The van der Waals surface area contributed by atoms with Crippen LogP contribution in [0.2, 0.25) is 0 Å². The third-order valence-electron chi connectivity index (χ3n) is 2.65. The SMILES string of the molecule is CCc1ccc(C#Cc2ccc(F)c(C#N)n2)cc1. The molecular formula is C16H11FN2. The number of rotatable bonds is 1. The quantitative estimate of drug-likeness (QED) is 0.729. The van der Waals surface area contributed by atoms with Gasteiger partial charge in [-0.2, -0.15) is 5.26 Å². The molecule has 1 heterocycles. The Labute approximate surface area is 111 Å². The zero-order valence-electron chi connectivity index (χ0n) is 10.4. The molecule has 0 N–H and O–H groups in total. The van der Waals surface area contributed by atoms with Gasteiger partial charge in [-0.3, -0.25) is 0 Å². The second-order valence-corrected chi connectivity index (χ2v) is 3.94. The van der Waals surface area contributed by atoms with Crippen LogP contribution in [0.25, 0.3) is 0 Å². The van der Waals surface area contributed by atoms with Gasteiger partial charge in [0.25, 0.3) is 0 Å². The number of nitrogens with zero attached hydrogens (tertiary/aromatic N) is 2. The van der Waals surface area contributed by atoms with Gasteiger partial charge in [0.1, 0.15) is 11.8 Å². The van der Waals surface area contributed by atoms with Crippen molar-refractivity contribution in [3.63, 3.8) is 0 Å². The maximum Gasteiger partial charge on any atom is 0.177 e. The Balaban J connectivity index is 2.26. The van der Waals surface area contributed by atoms with Gasteiger partial charge in [-0.05, 0) is 42.2 Å². The fourth-order valence-electron chi connectivity index (χ4n) is 1.55. The number of aryl methyl sites for hydroxylation is 1. The van der Waals surface area contributed by atoms with E-state index in [0.29, 0.717) is 5.69 Å². The molecule has 0 spiro atoms. The van der Waals surface area contributed by atoms with E-state index in [9.17, 15) is 4.39 Å². The summed E-state index contributed by atoms with van der Waals surface area (Å²) in [6.45, 7) is 2.09. The summed E-state index contributed by atoms with van der Waals surface area (Å²) in [6, 6.07) is 12.3. The van der Waals surface area contributed by atoms with Gasteiger partial charge in [-0.1, -0.05) is 25.0 Å². The van der Waals surface area contributed by atoms with E-state index in [4.69, 9.17) is 5.26 Å². The minimum Gasteiger partial charge on any atom is -0.226 e. The molecule has 3 heteroatoms. The summed E-state index contributed by atoms with van der Waals surface area (Å²) >= 11 is 0. The van der Waals surface area contributed by atoms with Gasteiger partial charge in [-0.25, -0.2) is 9.37 Å². The lowest BCUT2D eigenvalue weighted by atomic mass is 10.1. The van der Waals surface area contributed by atoms with Crippen LogP contribution in [0.5, 0.6) is 0 Å². The monoisotopic (exact) mass is 250 g/mol. The van der Waals surface area contributed by atoms with E-state index >= 15 is 0 Å². The van der Waals surface area contributed by atoms with Crippen LogP contribution >= 0.6 is 0 Å². The minimum absolute atomic E-state index is 0.229. The molecule has 0 saturated carbocycles. The van der Waals surface area contributed by atoms with E-state index in [1.165, 1.54) is 17.7 Å². The highest BCUT2D eigenvalue weighted by Crippen LogP contribution is 2.06. The first-order valence-corrected chi connectivity index (χ1v) is 5.90. The Morgan fingerprint density at radius 2 is 1.84 bits per heavy atom. The molecule has 92 valence electrons. The number of aromatic nitrogens is 1. The van der Waals surface area contributed by atoms with Gasteiger partial charge in [0.2, 0.25) is 0 Å². The van der Waals surface area contributed by atoms with Crippen molar-refractivity contribution in [2.45, 2.75) is 13.3 Å².